The summed E-state index contributed by atoms with van der Waals surface area (Å²) in [5, 5.41) is 8.95. The molecule has 0 spiro atoms. The Balaban J connectivity index is 2.09. The summed E-state index contributed by atoms with van der Waals surface area (Å²) in [4.78, 5) is 10.5. The van der Waals surface area contributed by atoms with Gasteiger partial charge in [-0.2, -0.15) is 0 Å². The van der Waals surface area contributed by atoms with Gasteiger partial charge in [-0.05, 0) is 48.5 Å². The summed E-state index contributed by atoms with van der Waals surface area (Å²) in [6, 6.07) is 11.7. The first kappa shape index (κ1) is 16.1. The van der Waals surface area contributed by atoms with Crippen molar-refractivity contribution in [3.8, 4) is 5.75 Å². The van der Waals surface area contributed by atoms with Crippen LogP contribution < -0.4 is 9.46 Å². The van der Waals surface area contributed by atoms with E-state index in [2.05, 4.69) is 4.72 Å². The maximum absolute atomic E-state index is 12.1. The highest BCUT2D eigenvalue weighted by molar-refractivity contribution is 7.92. The first-order chi connectivity index (χ1) is 10.4. The number of ether oxygens (including phenoxy) is 1. The molecule has 0 saturated heterocycles. The maximum atomic E-state index is 12.1. The zero-order valence-electron chi connectivity index (χ0n) is 11.2. The summed E-state index contributed by atoms with van der Waals surface area (Å²) >= 11 is 5.72. The Morgan fingerprint density at radius 2 is 1.68 bits per heavy atom. The molecule has 2 aromatic rings. The second-order valence-electron chi connectivity index (χ2n) is 4.27. The summed E-state index contributed by atoms with van der Waals surface area (Å²) in [5.41, 5.74) is 0.331. The first-order valence-electron chi connectivity index (χ1n) is 6.10. The van der Waals surface area contributed by atoms with Crippen LogP contribution in [0.1, 0.15) is 0 Å². The van der Waals surface area contributed by atoms with Crippen LogP contribution in [0, 0.1) is 0 Å². The third-order valence-corrected chi connectivity index (χ3v) is 4.24. The van der Waals surface area contributed by atoms with Crippen LogP contribution in [0.15, 0.2) is 53.4 Å². The largest absolute Gasteiger partial charge is 0.482 e. The Hall–Kier alpha value is -2.25. The van der Waals surface area contributed by atoms with Gasteiger partial charge in [-0.1, -0.05) is 11.6 Å². The van der Waals surface area contributed by atoms with E-state index in [1.807, 2.05) is 0 Å². The molecule has 0 aliphatic heterocycles. The molecule has 0 radical (unpaired) electrons. The second kappa shape index (κ2) is 6.67. The zero-order valence-corrected chi connectivity index (χ0v) is 12.8. The molecule has 0 amide bonds. The van der Waals surface area contributed by atoms with Gasteiger partial charge in [0.25, 0.3) is 10.0 Å². The molecule has 2 aromatic carbocycles. The molecule has 2 N–H and O–H groups in total. The summed E-state index contributed by atoms with van der Waals surface area (Å²) in [7, 11) is -3.71. The van der Waals surface area contributed by atoms with Gasteiger partial charge in [0.15, 0.2) is 6.61 Å². The molecule has 116 valence electrons. The van der Waals surface area contributed by atoms with Crippen molar-refractivity contribution in [3.05, 3.63) is 53.6 Å². The monoisotopic (exact) mass is 341 g/mol. The highest BCUT2D eigenvalue weighted by Gasteiger charge is 2.13. The second-order valence-corrected chi connectivity index (χ2v) is 6.39. The van der Waals surface area contributed by atoms with Crippen molar-refractivity contribution in [3.63, 3.8) is 0 Å². The Kier molecular flexibility index (Phi) is 4.89. The van der Waals surface area contributed by atoms with Gasteiger partial charge in [-0.3, -0.25) is 4.72 Å². The molecule has 8 heteroatoms. The average molecular weight is 342 g/mol. The summed E-state index contributed by atoms with van der Waals surface area (Å²) in [6.45, 7) is -0.462. The van der Waals surface area contributed by atoms with Crippen LogP contribution in [0.2, 0.25) is 5.02 Å². The van der Waals surface area contributed by atoms with E-state index in [4.69, 9.17) is 21.4 Å². The van der Waals surface area contributed by atoms with Gasteiger partial charge in [0.1, 0.15) is 5.75 Å². The first-order valence-corrected chi connectivity index (χ1v) is 7.96. The number of anilines is 1. The number of rotatable bonds is 6. The number of halogens is 1. The van der Waals surface area contributed by atoms with E-state index in [9.17, 15) is 13.2 Å². The van der Waals surface area contributed by atoms with Crippen molar-refractivity contribution in [1.29, 1.82) is 0 Å². The SMILES string of the molecule is O=C(O)COc1ccc(NS(=O)(=O)c2ccc(Cl)cc2)cc1. The molecule has 22 heavy (non-hydrogen) atoms. The molecule has 0 bridgehead atoms. The molecule has 0 atom stereocenters. The highest BCUT2D eigenvalue weighted by atomic mass is 35.5. The predicted molar refractivity (Wildman–Crippen MR) is 81.8 cm³/mol. The lowest BCUT2D eigenvalue weighted by Gasteiger charge is -2.09. The van der Waals surface area contributed by atoms with E-state index in [1.165, 1.54) is 48.5 Å². The molecule has 0 saturated carbocycles. The molecule has 0 aromatic heterocycles. The molecular weight excluding hydrogens is 330 g/mol. The number of carboxylic acids is 1. The molecule has 0 aliphatic carbocycles. The summed E-state index contributed by atoms with van der Waals surface area (Å²) in [5.74, 6) is -0.760. The van der Waals surface area contributed by atoms with E-state index in [1.54, 1.807) is 0 Å². The smallest absolute Gasteiger partial charge is 0.341 e. The maximum Gasteiger partial charge on any atom is 0.341 e. The van der Waals surface area contributed by atoms with Crippen molar-refractivity contribution in [2.45, 2.75) is 4.90 Å². The van der Waals surface area contributed by atoms with Crippen LogP contribution >= 0.6 is 11.6 Å². The van der Waals surface area contributed by atoms with Gasteiger partial charge in [-0.15, -0.1) is 0 Å². The Morgan fingerprint density at radius 3 is 2.23 bits per heavy atom. The Morgan fingerprint density at radius 1 is 1.09 bits per heavy atom. The van der Waals surface area contributed by atoms with Crippen LogP contribution in [0.3, 0.4) is 0 Å². The number of hydrogen-bond acceptors (Lipinski definition) is 4. The number of sulfonamides is 1. The van der Waals surface area contributed by atoms with Crippen molar-refractivity contribution in [2.24, 2.45) is 0 Å². The normalized spacial score (nSPS) is 11.0. The highest BCUT2D eigenvalue weighted by Crippen LogP contribution is 2.20. The van der Waals surface area contributed by atoms with Crippen LogP contribution in [0.25, 0.3) is 0 Å². The fourth-order valence-corrected chi connectivity index (χ4v) is 2.78. The van der Waals surface area contributed by atoms with Crippen LogP contribution in [0.5, 0.6) is 5.75 Å². The van der Waals surface area contributed by atoms with E-state index >= 15 is 0 Å². The molecule has 2 rings (SSSR count). The van der Waals surface area contributed by atoms with Crippen LogP contribution in [0.4, 0.5) is 5.69 Å². The van der Waals surface area contributed by atoms with E-state index in [0.29, 0.717) is 16.5 Å². The van der Waals surface area contributed by atoms with E-state index in [-0.39, 0.29) is 4.90 Å². The van der Waals surface area contributed by atoms with Gasteiger partial charge in [-0.25, -0.2) is 13.2 Å². The quantitative estimate of drug-likeness (QED) is 0.842. The van der Waals surface area contributed by atoms with E-state index < -0.39 is 22.6 Å². The Labute approximate surface area is 132 Å². The van der Waals surface area contributed by atoms with Crippen LogP contribution in [-0.4, -0.2) is 26.1 Å². The van der Waals surface area contributed by atoms with Gasteiger partial charge in [0.05, 0.1) is 4.90 Å². The van der Waals surface area contributed by atoms with Gasteiger partial charge >= 0.3 is 5.97 Å². The molecule has 0 fully saturated rings. The third-order valence-electron chi connectivity index (χ3n) is 2.59. The molecule has 0 aliphatic rings. The standard InChI is InChI=1S/C14H12ClNO5S/c15-10-1-7-13(8-2-10)22(19,20)16-11-3-5-12(6-4-11)21-9-14(17)18/h1-8,16H,9H2,(H,17,18). The number of hydrogen-bond donors (Lipinski definition) is 2. The number of carboxylic acid groups (broad SMARTS) is 1. The van der Waals surface area contributed by atoms with Crippen molar-refractivity contribution in [1.82, 2.24) is 0 Å². The van der Waals surface area contributed by atoms with Gasteiger partial charge in [0, 0.05) is 10.7 Å². The van der Waals surface area contributed by atoms with Gasteiger partial charge in [0.2, 0.25) is 0 Å². The van der Waals surface area contributed by atoms with Crippen molar-refractivity contribution < 1.29 is 23.1 Å². The number of benzene rings is 2. The Bertz CT molecular complexity index is 757. The number of nitrogens with one attached hydrogen (secondary N) is 1. The van der Waals surface area contributed by atoms with Crippen LogP contribution in [-0.2, 0) is 14.8 Å². The molecule has 6 nitrogen and oxygen atoms in total. The molecule has 0 heterocycles. The fourth-order valence-electron chi connectivity index (χ4n) is 1.59. The topological polar surface area (TPSA) is 92.7 Å². The zero-order chi connectivity index (χ0) is 16.2. The lowest BCUT2D eigenvalue weighted by molar-refractivity contribution is -0.139. The number of carbonyl (C=O) groups is 1. The van der Waals surface area contributed by atoms with Crippen molar-refractivity contribution in [2.75, 3.05) is 11.3 Å². The summed E-state index contributed by atoms with van der Waals surface area (Å²) in [6.07, 6.45) is 0. The lowest BCUT2D eigenvalue weighted by atomic mass is 10.3. The van der Waals surface area contributed by atoms with Crippen molar-refractivity contribution >= 4 is 33.3 Å². The molecular formula is C14H12ClNO5S. The fraction of sp³-hybridized carbons (Fsp3) is 0.0714. The van der Waals surface area contributed by atoms with E-state index in [0.717, 1.165) is 0 Å². The number of aliphatic carboxylic acids is 1. The minimum Gasteiger partial charge on any atom is -0.482 e. The molecule has 0 unspecified atom stereocenters. The van der Waals surface area contributed by atoms with Gasteiger partial charge < -0.3 is 9.84 Å². The predicted octanol–water partition coefficient (Wildman–Crippen LogP) is 2.60. The average Bonchev–Trinajstić information content (AvgIpc) is 2.46. The summed E-state index contributed by atoms with van der Waals surface area (Å²) < 4.78 is 31.7. The lowest BCUT2D eigenvalue weighted by Crippen LogP contribution is -2.13. The minimum absolute atomic E-state index is 0.0862. The minimum atomic E-state index is -3.71. The third kappa shape index (κ3) is 4.37.